The smallest absolute Gasteiger partial charge is 0.225 e. The highest BCUT2D eigenvalue weighted by molar-refractivity contribution is 6.30. The highest BCUT2D eigenvalue weighted by atomic mass is 35.5. The van der Waals surface area contributed by atoms with Crippen LogP contribution in [0.25, 0.3) is 0 Å². The first kappa shape index (κ1) is 16.2. The van der Waals surface area contributed by atoms with E-state index in [1.807, 2.05) is 43.4 Å². The first-order chi connectivity index (χ1) is 11.1. The SMILES string of the molecule is CN(C)c1nccc(CN2CCNCC2c2cccc(Cl)c2)n1. The zero-order chi connectivity index (χ0) is 16.2. The van der Waals surface area contributed by atoms with Gasteiger partial charge in [-0.25, -0.2) is 9.97 Å². The molecule has 23 heavy (non-hydrogen) atoms. The Bertz CT molecular complexity index is 661. The van der Waals surface area contributed by atoms with Crippen LogP contribution in [0.4, 0.5) is 5.95 Å². The molecule has 2 aromatic rings. The van der Waals surface area contributed by atoms with Gasteiger partial charge in [-0.05, 0) is 23.8 Å². The van der Waals surface area contributed by atoms with Gasteiger partial charge in [-0.2, -0.15) is 0 Å². The molecule has 1 aromatic heterocycles. The second-order valence-electron chi connectivity index (χ2n) is 5.99. The van der Waals surface area contributed by atoms with Gasteiger partial charge < -0.3 is 10.2 Å². The van der Waals surface area contributed by atoms with E-state index >= 15 is 0 Å². The molecule has 1 aliphatic rings. The summed E-state index contributed by atoms with van der Waals surface area (Å²) in [5.41, 5.74) is 2.28. The third-order valence-electron chi connectivity index (χ3n) is 4.05. The second-order valence-corrected chi connectivity index (χ2v) is 6.42. The maximum atomic E-state index is 6.16. The zero-order valence-corrected chi connectivity index (χ0v) is 14.3. The number of nitrogens with zero attached hydrogens (tertiary/aromatic N) is 4. The van der Waals surface area contributed by atoms with Crippen LogP contribution >= 0.6 is 11.6 Å². The zero-order valence-electron chi connectivity index (χ0n) is 13.5. The van der Waals surface area contributed by atoms with Crippen LogP contribution in [0.3, 0.4) is 0 Å². The van der Waals surface area contributed by atoms with Gasteiger partial charge in [-0.15, -0.1) is 0 Å². The van der Waals surface area contributed by atoms with E-state index < -0.39 is 0 Å². The third-order valence-corrected chi connectivity index (χ3v) is 4.29. The Balaban J connectivity index is 1.80. The maximum absolute atomic E-state index is 6.16. The lowest BCUT2D eigenvalue weighted by atomic mass is 10.0. The second kappa shape index (κ2) is 7.25. The van der Waals surface area contributed by atoms with Gasteiger partial charge in [-0.1, -0.05) is 23.7 Å². The topological polar surface area (TPSA) is 44.3 Å². The first-order valence-corrected chi connectivity index (χ1v) is 8.21. The fourth-order valence-electron chi connectivity index (χ4n) is 2.87. The summed E-state index contributed by atoms with van der Waals surface area (Å²) in [6.45, 7) is 3.70. The van der Waals surface area contributed by atoms with Crippen molar-refractivity contribution in [3.05, 3.63) is 52.8 Å². The van der Waals surface area contributed by atoms with Crippen LogP contribution in [0.1, 0.15) is 17.3 Å². The molecule has 1 atom stereocenters. The molecule has 5 nitrogen and oxygen atoms in total. The van der Waals surface area contributed by atoms with E-state index in [4.69, 9.17) is 11.6 Å². The Morgan fingerprint density at radius 1 is 1.35 bits per heavy atom. The van der Waals surface area contributed by atoms with Crippen molar-refractivity contribution in [1.29, 1.82) is 0 Å². The predicted octanol–water partition coefficient (Wildman–Crippen LogP) is 2.34. The molecule has 0 amide bonds. The number of hydrogen-bond donors (Lipinski definition) is 1. The Kier molecular flexibility index (Phi) is 5.10. The molecule has 3 rings (SSSR count). The highest BCUT2D eigenvalue weighted by Crippen LogP contribution is 2.26. The summed E-state index contributed by atoms with van der Waals surface area (Å²) < 4.78 is 0. The molecule has 1 unspecified atom stereocenters. The summed E-state index contributed by atoms with van der Waals surface area (Å²) in [5, 5.41) is 4.25. The van der Waals surface area contributed by atoms with E-state index in [0.29, 0.717) is 6.04 Å². The monoisotopic (exact) mass is 331 g/mol. The van der Waals surface area contributed by atoms with Crippen LogP contribution in [-0.4, -0.2) is 48.6 Å². The van der Waals surface area contributed by atoms with Crippen LogP contribution in [-0.2, 0) is 6.54 Å². The Labute approximate surface area is 142 Å². The number of halogens is 1. The Morgan fingerprint density at radius 3 is 3.00 bits per heavy atom. The van der Waals surface area contributed by atoms with Gasteiger partial charge in [0.15, 0.2) is 0 Å². The Morgan fingerprint density at radius 2 is 2.22 bits per heavy atom. The van der Waals surface area contributed by atoms with E-state index in [1.54, 1.807) is 0 Å². The third kappa shape index (κ3) is 3.99. The summed E-state index contributed by atoms with van der Waals surface area (Å²) in [6.07, 6.45) is 1.83. The van der Waals surface area contributed by atoms with Crippen LogP contribution in [0.2, 0.25) is 5.02 Å². The minimum atomic E-state index is 0.306. The van der Waals surface area contributed by atoms with Gasteiger partial charge in [0.05, 0.1) is 5.69 Å². The lowest BCUT2D eigenvalue weighted by Gasteiger charge is -2.36. The predicted molar refractivity (Wildman–Crippen MR) is 93.8 cm³/mol. The van der Waals surface area contributed by atoms with Crippen molar-refractivity contribution in [2.24, 2.45) is 0 Å². The van der Waals surface area contributed by atoms with Crippen LogP contribution < -0.4 is 10.2 Å². The molecule has 6 heteroatoms. The number of anilines is 1. The minimum Gasteiger partial charge on any atom is -0.347 e. The van der Waals surface area contributed by atoms with E-state index in [-0.39, 0.29) is 0 Å². The molecular formula is C17H22ClN5. The summed E-state index contributed by atoms with van der Waals surface area (Å²) in [6, 6.07) is 10.4. The summed E-state index contributed by atoms with van der Waals surface area (Å²) in [5.74, 6) is 0.747. The van der Waals surface area contributed by atoms with Crippen molar-refractivity contribution in [2.75, 3.05) is 38.6 Å². The molecule has 1 saturated heterocycles. The molecule has 2 heterocycles. The number of rotatable bonds is 4. The van der Waals surface area contributed by atoms with Crippen molar-refractivity contribution >= 4 is 17.5 Å². The molecule has 0 saturated carbocycles. The maximum Gasteiger partial charge on any atom is 0.225 e. The number of hydrogen-bond acceptors (Lipinski definition) is 5. The lowest BCUT2D eigenvalue weighted by Crippen LogP contribution is -2.45. The minimum absolute atomic E-state index is 0.306. The average Bonchev–Trinajstić information content (AvgIpc) is 2.55. The summed E-state index contributed by atoms with van der Waals surface area (Å²) >= 11 is 6.16. The molecule has 1 N–H and O–H groups in total. The van der Waals surface area contributed by atoms with Gasteiger partial charge in [0.25, 0.3) is 0 Å². The van der Waals surface area contributed by atoms with E-state index in [0.717, 1.165) is 42.8 Å². The molecule has 122 valence electrons. The van der Waals surface area contributed by atoms with Crippen molar-refractivity contribution in [1.82, 2.24) is 20.2 Å². The number of benzene rings is 1. The van der Waals surface area contributed by atoms with E-state index in [9.17, 15) is 0 Å². The van der Waals surface area contributed by atoms with Crippen LogP contribution in [0, 0.1) is 0 Å². The Hall–Kier alpha value is -1.69. The number of aromatic nitrogens is 2. The molecule has 0 bridgehead atoms. The molecular weight excluding hydrogens is 310 g/mol. The summed E-state index contributed by atoms with van der Waals surface area (Å²) in [4.78, 5) is 13.3. The van der Waals surface area contributed by atoms with Gasteiger partial charge in [-0.3, -0.25) is 4.90 Å². The molecule has 1 fully saturated rings. The summed E-state index contributed by atoms with van der Waals surface area (Å²) in [7, 11) is 3.91. The number of piperazine rings is 1. The fraction of sp³-hybridized carbons (Fsp3) is 0.412. The molecule has 1 aromatic carbocycles. The quantitative estimate of drug-likeness (QED) is 0.931. The van der Waals surface area contributed by atoms with E-state index in [1.165, 1.54) is 5.56 Å². The molecule has 0 spiro atoms. The van der Waals surface area contributed by atoms with E-state index in [2.05, 4.69) is 32.3 Å². The fourth-order valence-corrected chi connectivity index (χ4v) is 3.07. The normalized spacial score (nSPS) is 18.8. The van der Waals surface area contributed by atoms with Gasteiger partial charge in [0.2, 0.25) is 5.95 Å². The van der Waals surface area contributed by atoms with Gasteiger partial charge in [0, 0.05) is 57.5 Å². The van der Waals surface area contributed by atoms with Crippen molar-refractivity contribution in [3.8, 4) is 0 Å². The largest absolute Gasteiger partial charge is 0.347 e. The molecule has 0 aliphatic carbocycles. The molecule has 0 radical (unpaired) electrons. The molecule has 1 aliphatic heterocycles. The van der Waals surface area contributed by atoms with Crippen molar-refractivity contribution in [3.63, 3.8) is 0 Å². The van der Waals surface area contributed by atoms with Gasteiger partial charge in [0.1, 0.15) is 0 Å². The lowest BCUT2D eigenvalue weighted by molar-refractivity contribution is 0.152. The van der Waals surface area contributed by atoms with Crippen molar-refractivity contribution < 1.29 is 0 Å². The highest BCUT2D eigenvalue weighted by Gasteiger charge is 2.24. The number of nitrogens with one attached hydrogen (secondary N) is 1. The van der Waals surface area contributed by atoms with Crippen LogP contribution in [0.5, 0.6) is 0 Å². The first-order valence-electron chi connectivity index (χ1n) is 7.83. The standard InChI is InChI=1S/C17H22ClN5/c1-22(2)17-20-7-6-15(21-17)12-23-9-8-19-11-16(23)13-4-3-5-14(18)10-13/h3-7,10,16,19H,8-9,11-12H2,1-2H3. The average molecular weight is 332 g/mol. The van der Waals surface area contributed by atoms with Crippen LogP contribution in [0.15, 0.2) is 36.5 Å². The van der Waals surface area contributed by atoms with Crippen molar-refractivity contribution in [2.45, 2.75) is 12.6 Å². The van der Waals surface area contributed by atoms with Gasteiger partial charge >= 0.3 is 0 Å².